The van der Waals surface area contributed by atoms with E-state index in [1.807, 2.05) is 32.0 Å². The molecule has 31 heavy (non-hydrogen) atoms. The molecule has 158 valence electrons. The maximum atomic E-state index is 13.8. The molecule has 3 heterocycles. The van der Waals surface area contributed by atoms with Crippen LogP contribution in [-0.2, 0) is 4.79 Å². The summed E-state index contributed by atoms with van der Waals surface area (Å²) in [5, 5.41) is 8.33. The van der Waals surface area contributed by atoms with Crippen LogP contribution in [0.5, 0.6) is 5.75 Å². The molecule has 0 unspecified atom stereocenters. The summed E-state index contributed by atoms with van der Waals surface area (Å²) in [4.78, 5) is 17.3. The number of hydrogen-bond acceptors (Lipinski definition) is 5. The minimum absolute atomic E-state index is 0.112. The first-order valence-corrected chi connectivity index (χ1v) is 11.4. The van der Waals surface area contributed by atoms with Crippen LogP contribution in [0.25, 0.3) is 15.3 Å². The molecular formula is C22H18BrFN4O2S. The fraction of sp³-hybridized carbons (Fsp3) is 0.227. The van der Waals surface area contributed by atoms with Gasteiger partial charge in [-0.25, -0.2) is 9.37 Å². The van der Waals surface area contributed by atoms with Gasteiger partial charge in [-0.15, -0.1) is 0 Å². The van der Waals surface area contributed by atoms with Crippen molar-refractivity contribution in [1.29, 1.82) is 0 Å². The molecule has 1 aliphatic heterocycles. The first-order valence-electron chi connectivity index (χ1n) is 9.82. The number of halogens is 2. The van der Waals surface area contributed by atoms with Crippen molar-refractivity contribution in [2.24, 2.45) is 0 Å². The van der Waals surface area contributed by atoms with Gasteiger partial charge in [0, 0.05) is 17.9 Å². The molecule has 1 N–H and O–H groups in total. The molecule has 6 nitrogen and oxygen atoms in total. The second kappa shape index (κ2) is 7.72. The summed E-state index contributed by atoms with van der Waals surface area (Å²) in [6.45, 7) is 4.45. The summed E-state index contributed by atoms with van der Waals surface area (Å²) < 4.78 is 22.4. The normalized spacial score (nSPS) is 15.7. The van der Waals surface area contributed by atoms with E-state index in [0.29, 0.717) is 22.0 Å². The van der Waals surface area contributed by atoms with Crippen LogP contribution >= 0.6 is 27.3 Å². The van der Waals surface area contributed by atoms with Crippen molar-refractivity contribution in [2.75, 3.05) is 11.9 Å². The van der Waals surface area contributed by atoms with Gasteiger partial charge in [0.2, 0.25) is 11.0 Å². The largest absolute Gasteiger partial charge is 0.494 e. The van der Waals surface area contributed by atoms with E-state index in [1.54, 1.807) is 16.8 Å². The van der Waals surface area contributed by atoms with E-state index in [2.05, 4.69) is 21.2 Å². The monoisotopic (exact) mass is 500 g/mol. The number of carbonyl (C=O) groups excluding carboxylic acids is 1. The van der Waals surface area contributed by atoms with E-state index in [9.17, 15) is 9.18 Å². The van der Waals surface area contributed by atoms with Gasteiger partial charge in [-0.3, -0.25) is 4.79 Å². The van der Waals surface area contributed by atoms with E-state index < -0.39 is 0 Å². The third-order valence-electron chi connectivity index (χ3n) is 5.29. The van der Waals surface area contributed by atoms with Gasteiger partial charge >= 0.3 is 0 Å². The number of rotatable bonds is 4. The molecule has 0 saturated heterocycles. The van der Waals surface area contributed by atoms with Crippen LogP contribution in [0.15, 0.2) is 40.9 Å². The summed E-state index contributed by atoms with van der Waals surface area (Å²) in [6.07, 6.45) is 0.273. The van der Waals surface area contributed by atoms with Gasteiger partial charge in [-0.1, -0.05) is 17.4 Å². The van der Waals surface area contributed by atoms with Gasteiger partial charge in [-0.05, 0) is 65.7 Å². The first kappa shape index (κ1) is 20.1. The average molecular weight is 501 g/mol. The molecule has 1 amide bonds. The van der Waals surface area contributed by atoms with Gasteiger partial charge in [0.1, 0.15) is 17.4 Å². The number of aryl methyl sites for hydroxylation is 1. The molecule has 2 aromatic carbocycles. The molecule has 0 spiro atoms. The number of fused-ring (bicyclic) bond motifs is 2. The summed E-state index contributed by atoms with van der Waals surface area (Å²) in [6, 6.07) is 10.6. The summed E-state index contributed by atoms with van der Waals surface area (Å²) in [7, 11) is 0. The number of thiazole rings is 1. The lowest BCUT2D eigenvalue weighted by Gasteiger charge is -2.24. The van der Waals surface area contributed by atoms with Gasteiger partial charge < -0.3 is 10.1 Å². The fourth-order valence-electron chi connectivity index (χ4n) is 3.94. The third-order valence-corrected chi connectivity index (χ3v) is 6.89. The van der Waals surface area contributed by atoms with Crippen LogP contribution in [0.3, 0.4) is 0 Å². The number of aromatic nitrogens is 3. The van der Waals surface area contributed by atoms with Gasteiger partial charge in [0.15, 0.2) is 0 Å². The Morgan fingerprint density at radius 2 is 2.16 bits per heavy atom. The Morgan fingerprint density at radius 1 is 1.32 bits per heavy atom. The van der Waals surface area contributed by atoms with E-state index in [0.717, 1.165) is 32.8 Å². The highest BCUT2D eigenvalue weighted by molar-refractivity contribution is 9.10. The lowest BCUT2D eigenvalue weighted by Crippen LogP contribution is -2.25. The average Bonchev–Trinajstić information content (AvgIpc) is 3.30. The Hall–Kier alpha value is -2.78. The van der Waals surface area contributed by atoms with Gasteiger partial charge in [0.25, 0.3) is 0 Å². The van der Waals surface area contributed by atoms with Crippen molar-refractivity contribution in [2.45, 2.75) is 26.2 Å². The quantitative estimate of drug-likeness (QED) is 0.397. The number of hydrogen-bond donors (Lipinski definition) is 1. The molecule has 0 bridgehead atoms. The highest BCUT2D eigenvalue weighted by Gasteiger charge is 2.33. The number of ether oxygens (including phenoxy) is 1. The zero-order valence-corrected chi connectivity index (χ0v) is 19.2. The maximum Gasteiger partial charge on any atom is 0.226 e. The molecule has 1 atom stereocenters. The third kappa shape index (κ3) is 3.51. The predicted octanol–water partition coefficient (Wildman–Crippen LogP) is 5.56. The molecule has 0 aliphatic carbocycles. The Kier molecular flexibility index (Phi) is 5.02. The van der Waals surface area contributed by atoms with Crippen LogP contribution < -0.4 is 10.1 Å². The van der Waals surface area contributed by atoms with Crippen molar-refractivity contribution >= 4 is 49.2 Å². The fourth-order valence-corrected chi connectivity index (χ4v) is 5.29. The lowest BCUT2D eigenvalue weighted by atomic mass is 9.86. The number of amides is 1. The number of nitrogens with one attached hydrogen (secondary N) is 1. The van der Waals surface area contributed by atoms with Crippen molar-refractivity contribution < 1.29 is 13.9 Å². The van der Waals surface area contributed by atoms with Gasteiger partial charge in [0.05, 0.1) is 27.0 Å². The van der Waals surface area contributed by atoms with Crippen molar-refractivity contribution in [3.8, 4) is 10.9 Å². The number of nitrogens with zero attached hydrogens (tertiary/aromatic N) is 3. The number of anilines is 1. The summed E-state index contributed by atoms with van der Waals surface area (Å²) in [5.74, 6) is 0.743. The Labute approximate surface area is 190 Å². The van der Waals surface area contributed by atoms with Crippen molar-refractivity contribution in [3.63, 3.8) is 0 Å². The van der Waals surface area contributed by atoms with E-state index >= 15 is 0 Å². The highest BCUT2D eigenvalue weighted by atomic mass is 79.9. The van der Waals surface area contributed by atoms with Gasteiger partial charge in [-0.2, -0.15) is 9.78 Å². The molecule has 0 radical (unpaired) electrons. The Morgan fingerprint density at radius 3 is 2.94 bits per heavy atom. The van der Waals surface area contributed by atoms with E-state index in [1.165, 1.54) is 17.4 Å². The predicted molar refractivity (Wildman–Crippen MR) is 122 cm³/mol. The lowest BCUT2D eigenvalue weighted by molar-refractivity contribution is -0.116. The highest BCUT2D eigenvalue weighted by Crippen LogP contribution is 2.42. The topological polar surface area (TPSA) is 69.0 Å². The molecule has 2 aromatic heterocycles. The van der Waals surface area contributed by atoms with Crippen LogP contribution in [0.4, 0.5) is 10.2 Å². The van der Waals surface area contributed by atoms with Crippen LogP contribution in [0, 0.1) is 12.7 Å². The van der Waals surface area contributed by atoms with Crippen molar-refractivity contribution in [3.05, 3.63) is 63.5 Å². The molecule has 5 rings (SSSR count). The number of carbonyl (C=O) groups is 1. The molecule has 0 fully saturated rings. The van der Waals surface area contributed by atoms with Crippen molar-refractivity contribution in [1.82, 2.24) is 14.8 Å². The molecule has 9 heteroatoms. The molecule has 1 aliphatic rings. The molecular weight excluding hydrogens is 483 g/mol. The number of benzene rings is 2. The minimum Gasteiger partial charge on any atom is -0.494 e. The SMILES string of the molecule is CCOc1ccc2nc(-n3nc(C)c4c3NC(=O)C[C@H]4c3ccc(F)c(Br)c3)sc2c1. The Bertz CT molecular complexity index is 1330. The van der Waals surface area contributed by atoms with Crippen LogP contribution in [0.1, 0.15) is 36.1 Å². The second-order valence-corrected chi connectivity index (χ2v) is 9.16. The van der Waals surface area contributed by atoms with Crippen LogP contribution in [0.2, 0.25) is 0 Å². The zero-order chi connectivity index (χ0) is 21.7. The molecule has 0 saturated carbocycles. The minimum atomic E-state index is -0.336. The zero-order valence-electron chi connectivity index (χ0n) is 16.8. The second-order valence-electron chi connectivity index (χ2n) is 7.30. The van der Waals surface area contributed by atoms with E-state index in [4.69, 9.17) is 14.8 Å². The van der Waals surface area contributed by atoms with Crippen LogP contribution in [-0.4, -0.2) is 27.3 Å². The summed E-state index contributed by atoms with van der Waals surface area (Å²) in [5.41, 5.74) is 3.42. The maximum absolute atomic E-state index is 13.8. The Balaban J connectivity index is 1.62. The molecule has 4 aromatic rings. The smallest absolute Gasteiger partial charge is 0.226 e. The summed E-state index contributed by atoms with van der Waals surface area (Å²) >= 11 is 4.73. The standard InChI is InChI=1S/C22H18BrFN4O2S/c1-3-30-13-5-7-17-18(9-13)31-22(25-17)28-21-20(11(2)27-28)14(10-19(29)26-21)12-4-6-16(24)15(23)8-12/h4-9,14H,3,10H2,1-2H3,(H,26,29)/t14-/m0/s1. The first-order chi connectivity index (χ1) is 14.9. The van der Waals surface area contributed by atoms with E-state index in [-0.39, 0.29) is 24.1 Å².